The van der Waals surface area contributed by atoms with Crippen molar-refractivity contribution in [3.8, 4) is 6.07 Å². The van der Waals surface area contributed by atoms with Crippen LogP contribution in [0.3, 0.4) is 0 Å². The van der Waals surface area contributed by atoms with E-state index in [1.807, 2.05) is 24.3 Å². The number of nitrogens with zero attached hydrogens (tertiary/aromatic N) is 4. The van der Waals surface area contributed by atoms with Crippen LogP contribution in [0.25, 0.3) is 0 Å². The van der Waals surface area contributed by atoms with Crippen LogP contribution in [0.2, 0.25) is 0 Å². The fourth-order valence-electron chi connectivity index (χ4n) is 1.38. The van der Waals surface area contributed by atoms with Crippen LogP contribution in [0.5, 0.6) is 0 Å². The lowest BCUT2D eigenvalue weighted by atomic mass is 10.4. The van der Waals surface area contributed by atoms with E-state index >= 15 is 0 Å². The second kappa shape index (κ2) is 7.77. The van der Waals surface area contributed by atoms with Gasteiger partial charge in [-0.3, -0.25) is 0 Å². The van der Waals surface area contributed by atoms with E-state index < -0.39 is 0 Å². The number of rotatable bonds is 7. The van der Waals surface area contributed by atoms with Gasteiger partial charge in [0.2, 0.25) is 0 Å². The summed E-state index contributed by atoms with van der Waals surface area (Å²) in [4.78, 5) is 10.8. The summed E-state index contributed by atoms with van der Waals surface area (Å²) in [6, 6.07) is 4.06. The molecular weight excluding hydrogens is 246 g/mol. The van der Waals surface area contributed by atoms with Gasteiger partial charge in [0.15, 0.2) is 5.16 Å². The summed E-state index contributed by atoms with van der Waals surface area (Å²) in [6.45, 7) is 3.68. The number of aromatic nitrogens is 2. The summed E-state index contributed by atoms with van der Waals surface area (Å²) in [5.74, 6) is 1.69. The average molecular weight is 265 g/mol. The molecule has 0 saturated heterocycles. The maximum Gasteiger partial charge on any atom is 0.191 e. The standard InChI is InChI=1S/C12H19N5S/c1-4-7-14-10-9-11(16-12(15-10)18-3)17(2)8-5-6-13/h9H,4-5,7-8H2,1-3H3,(H,14,15,16). The first kappa shape index (κ1) is 14.6. The monoisotopic (exact) mass is 265 g/mol. The molecule has 0 fully saturated rings. The fourth-order valence-corrected chi connectivity index (χ4v) is 1.75. The van der Waals surface area contributed by atoms with Gasteiger partial charge in [-0.25, -0.2) is 9.97 Å². The average Bonchev–Trinajstić information content (AvgIpc) is 2.41. The molecule has 98 valence electrons. The second-order valence-electron chi connectivity index (χ2n) is 3.85. The van der Waals surface area contributed by atoms with Crippen molar-refractivity contribution in [1.29, 1.82) is 5.26 Å². The van der Waals surface area contributed by atoms with E-state index in [9.17, 15) is 0 Å². The first-order valence-corrected chi connectivity index (χ1v) is 7.18. The van der Waals surface area contributed by atoms with E-state index in [1.54, 1.807) is 0 Å². The molecule has 0 unspecified atom stereocenters. The van der Waals surface area contributed by atoms with Crippen molar-refractivity contribution in [2.24, 2.45) is 0 Å². The van der Waals surface area contributed by atoms with Gasteiger partial charge in [0.05, 0.1) is 12.5 Å². The quantitative estimate of drug-likeness (QED) is 0.603. The van der Waals surface area contributed by atoms with Crippen LogP contribution in [-0.4, -0.2) is 36.4 Å². The molecule has 0 aromatic carbocycles. The minimum absolute atomic E-state index is 0.493. The molecule has 0 saturated carbocycles. The summed E-state index contributed by atoms with van der Waals surface area (Å²) in [6.07, 6.45) is 3.50. The van der Waals surface area contributed by atoms with Crippen LogP contribution in [-0.2, 0) is 0 Å². The van der Waals surface area contributed by atoms with Gasteiger partial charge in [-0.05, 0) is 12.7 Å². The smallest absolute Gasteiger partial charge is 0.191 e. The molecule has 1 aromatic rings. The van der Waals surface area contributed by atoms with Crippen molar-refractivity contribution in [1.82, 2.24) is 9.97 Å². The van der Waals surface area contributed by atoms with Gasteiger partial charge in [-0.1, -0.05) is 18.7 Å². The van der Waals surface area contributed by atoms with Crippen molar-refractivity contribution in [3.63, 3.8) is 0 Å². The molecule has 0 spiro atoms. The summed E-state index contributed by atoms with van der Waals surface area (Å²) in [5, 5.41) is 12.6. The maximum absolute atomic E-state index is 8.61. The molecule has 0 aliphatic rings. The predicted octanol–water partition coefficient (Wildman–Crippen LogP) is 2.37. The van der Waals surface area contributed by atoms with E-state index in [2.05, 4.69) is 28.3 Å². The zero-order chi connectivity index (χ0) is 13.4. The van der Waals surface area contributed by atoms with Crippen LogP contribution < -0.4 is 10.2 Å². The number of anilines is 2. The SMILES string of the molecule is CCCNc1cc(N(C)CCC#N)nc(SC)n1. The lowest BCUT2D eigenvalue weighted by Crippen LogP contribution is -2.20. The van der Waals surface area contributed by atoms with Gasteiger partial charge < -0.3 is 10.2 Å². The van der Waals surface area contributed by atoms with Crippen LogP contribution >= 0.6 is 11.8 Å². The van der Waals surface area contributed by atoms with Crippen LogP contribution in [0.15, 0.2) is 11.2 Å². The Labute approximate surface area is 113 Å². The van der Waals surface area contributed by atoms with Crippen LogP contribution in [0, 0.1) is 11.3 Å². The van der Waals surface area contributed by atoms with Crippen molar-refractivity contribution in [2.45, 2.75) is 24.9 Å². The number of hydrogen-bond acceptors (Lipinski definition) is 6. The van der Waals surface area contributed by atoms with Gasteiger partial charge in [0.25, 0.3) is 0 Å². The summed E-state index contributed by atoms with van der Waals surface area (Å²) in [7, 11) is 1.94. The van der Waals surface area contributed by atoms with Crippen molar-refractivity contribution < 1.29 is 0 Å². The highest BCUT2D eigenvalue weighted by Gasteiger charge is 2.07. The number of hydrogen-bond donors (Lipinski definition) is 1. The first-order chi connectivity index (χ1) is 8.71. The Morgan fingerprint density at radius 3 is 2.89 bits per heavy atom. The molecule has 5 nitrogen and oxygen atoms in total. The van der Waals surface area contributed by atoms with Crippen molar-refractivity contribution in [3.05, 3.63) is 6.07 Å². The maximum atomic E-state index is 8.61. The van der Waals surface area contributed by atoms with E-state index in [0.717, 1.165) is 29.8 Å². The Balaban J connectivity index is 2.85. The molecule has 6 heteroatoms. The Bertz CT molecular complexity index is 415. The number of nitriles is 1. The third kappa shape index (κ3) is 4.41. The van der Waals surface area contributed by atoms with E-state index in [0.29, 0.717) is 13.0 Å². The first-order valence-electron chi connectivity index (χ1n) is 5.96. The Kier molecular flexibility index (Phi) is 6.29. The highest BCUT2D eigenvalue weighted by molar-refractivity contribution is 7.98. The van der Waals surface area contributed by atoms with E-state index in [-0.39, 0.29) is 0 Å². The molecule has 1 N–H and O–H groups in total. The normalized spacial score (nSPS) is 9.89. The molecule has 0 aliphatic carbocycles. The molecule has 1 aromatic heterocycles. The third-order valence-corrected chi connectivity index (χ3v) is 2.93. The molecule has 18 heavy (non-hydrogen) atoms. The van der Waals surface area contributed by atoms with E-state index in [4.69, 9.17) is 5.26 Å². The zero-order valence-electron chi connectivity index (χ0n) is 11.1. The van der Waals surface area contributed by atoms with Crippen molar-refractivity contribution >= 4 is 23.4 Å². The van der Waals surface area contributed by atoms with Crippen LogP contribution in [0.4, 0.5) is 11.6 Å². The van der Waals surface area contributed by atoms with Gasteiger partial charge in [0.1, 0.15) is 11.6 Å². The van der Waals surface area contributed by atoms with Gasteiger partial charge in [-0.2, -0.15) is 5.26 Å². The molecule has 1 rings (SSSR count). The number of thioether (sulfide) groups is 1. The van der Waals surface area contributed by atoms with Crippen molar-refractivity contribution in [2.75, 3.05) is 36.6 Å². The molecular formula is C12H19N5S. The predicted molar refractivity (Wildman–Crippen MR) is 76.1 cm³/mol. The molecule has 1 heterocycles. The molecule has 0 radical (unpaired) electrons. The third-order valence-electron chi connectivity index (χ3n) is 2.38. The van der Waals surface area contributed by atoms with E-state index in [1.165, 1.54) is 11.8 Å². The Hall–Kier alpha value is -1.48. The molecule has 0 bridgehead atoms. The molecule has 0 atom stereocenters. The molecule has 0 amide bonds. The minimum Gasteiger partial charge on any atom is -0.370 e. The largest absolute Gasteiger partial charge is 0.370 e. The van der Waals surface area contributed by atoms with Gasteiger partial charge in [0, 0.05) is 26.2 Å². The lowest BCUT2D eigenvalue weighted by molar-refractivity contribution is 0.848. The summed E-state index contributed by atoms with van der Waals surface area (Å²) in [5.41, 5.74) is 0. The van der Waals surface area contributed by atoms with Crippen LogP contribution in [0.1, 0.15) is 19.8 Å². The number of nitrogens with one attached hydrogen (secondary N) is 1. The minimum atomic E-state index is 0.493. The molecule has 0 aliphatic heterocycles. The second-order valence-corrected chi connectivity index (χ2v) is 4.63. The van der Waals surface area contributed by atoms with Gasteiger partial charge >= 0.3 is 0 Å². The lowest BCUT2D eigenvalue weighted by Gasteiger charge is -2.18. The topological polar surface area (TPSA) is 64.8 Å². The highest BCUT2D eigenvalue weighted by Crippen LogP contribution is 2.19. The summed E-state index contributed by atoms with van der Waals surface area (Å²) >= 11 is 1.52. The Morgan fingerprint density at radius 1 is 1.50 bits per heavy atom. The van der Waals surface area contributed by atoms with Gasteiger partial charge in [-0.15, -0.1) is 0 Å². The zero-order valence-corrected chi connectivity index (χ0v) is 11.9. The highest BCUT2D eigenvalue weighted by atomic mass is 32.2. The summed E-state index contributed by atoms with van der Waals surface area (Å²) < 4.78 is 0. The fraction of sp³-hybridized carbons (Fsp3) is 0.583. The Morgan fingerprint density at radius 2 is 2.28 bits per heavy atom.